The molecule has 0 saturated carbocycles. The number of nitrogens with one attached hydrogen (secondary N) is 2. The molecule has 0 radical (unpaired) electrons. The zero-order chi connectivity index (χ0) is 11.8. The molecule has 1 saturated heterocycles. The third kappa shape index (κ3) is 2.10. The predicted molar refractivity (Wildman–Crippen MR) is 50.7 cm³/mol. The van der Waals surface area contributed by atoms with Gasteiger partial charge in [0.2, 0.25) is 0 Å². The van der Waals surface area contributed by atoms with Crippen molar-refractivity contribution in [3.63, 3.8) is 0 Å². The third-order valence-electron chi connectivity index (χ3n) is 2.41. The standard InChI is InChI=1S/C10H9F3N2O/c11-10(12,13)7-3-1-6(2-4-7)8-5-14-9(16)15-8/h1-4,8H,5H2,(H2,14,15,16)/t8-/m0/s1. The van der Waals surface area contributed by atoms with Crippen molar-refractivity contribution in [1.29, 1.82) is 0 Å². The molecule has 1 aliphatic heterocycles. The fourth-order valence-corrected chi connectivity index (χ4v) is 1.56. The zero-order valence-corrected chi connectivity index (χ0v) is 8.14. The molecule has 1 aliphatic rings. The summed E-state index contributed by atoms with van der Waals surface area (Å²) in [6, 6.07) is 4.22. The molecule has 16 heavy (non-hydrogen) atoms. The van der Waals surface area contributed by atoms with Crippen molar-refractivity contribution in [2.24, 2.45) is 0 Å². The Bertz CT molecular complexity index is 400. The first-order chi connectivity index (χ1) is 7.47. The molecule has 2 N–H and O–H groups in total. The van der Waals surface area contributed by atoms with Crippen molar-refractivity contribution >= 4 is 6.03 Å². The molecule has 1 atom stereocenters. The Balaban J connectivity index is 2.17. The predicted octanol–water partition coefficient (Wildman–Crippen LogP) is 2.06. The lowest BCUT2D eigenvalue weighted by molar-refractivity contribution is -0.137. The van der Waals surface area contributed by atoms with Crippen LogP contribution in [0.25, 0.3) is 0 Å². The van der Waals surface area contributed by atoms with Gasteiger partial charge in [-0.2, -0.15) is 13.2 Å². The first kappa shape index (κ1) is 10.8. The Morgan fingerprint density at radius 2 is 1.81 bits per heavy atom. The molecular weight excluding hydrogens is 221 g/mol. The number of halogens is 3. The van der Waals surface area contributed by atoms with Crippen LogP contribution in [0.15, 0.2) is 24.3 Å². The summed E-state index contributed by atoms with van der Waals surface area (Å²) < 4.78 is 36.8. The number of alkyl halides is 3. The number of rotatable bonds is 1. The Morgan fingerprint density at radius 3 is 2.25 bits per heavy atom. The van der Waals surface area contributed by atoms with Crippen LogP contribution in [-0.4, -0.2) is 12.6 Å². The van der Waals surface area contributed by atoms with Crippen LogP contribution in [0.1, 0.15) is 17.2 Å². The van der Waals surface area contributed by atoms with Crippen molar-refractivity contribution in [3.05, 3.63) is 35.4 Å². The lowest BCUT2D eigenvalue weighted by atomic mass is 10.1. The van der Waals surface area contributed by atoms with E-state index in [1.165, 1.54) is 12.1 Å². The number of carbonyl (C=O) groups is 1. The Hall–Kier alpha value is -1.72. The van der Waals surface area contributed by atoms with Gasteiger partial charge in [0.25, 0.3) is 0 Å². The SMILES string of the molecule is O=C1NC[C@@H](c2ccc(C(F)(F)F)cc2)N1. The second-order valence-electron chi connectivity index (χ2n) is 3.53. The van der Waals surface area contributed by atoms with Gasteiger partial charge in [-0.15, -0.1) is 0 Å². The smallest absolute Gasteiger partial charge is 0.336 e. The van der Waals surface area contributed by atoms with Crippen LogP contribution in [0, 0.1) is 0 Å². The molecule has 0 spiro atoms. The highest BCUT2D eigenvalue weighted by Crippen LogP contribution is 2.30. The van der Waals surface area contributed by atoms with Crippen LogP contribution >= 0.6 is 0 Å². The van der Waals surface area contributed by atoms with Gasteiger partial charge in [0, 0.05) is 6.54 Å². The quantitative estimate of drug-likeness (QED) is 0.761. The van der Waals surface area contributed by atoms with Gasteiger partial charge >= 0.3 is 12.2 Å². The lowest BCUT2D eigenvalue weighted by Gasteiger charge is -2.11. The van der Waals surface area contributed by atoms with E-state index in [4.69, 9.17) is 0 Å². The topological polar surface area (TPSA) is 41.1 Å². The summed E-state index contributed by atoms with van der Waals surface area (Å²) in [5, 5.41) is 5.14. The molecule has 2 amide bonds. The number of urea groups is 1. The third-order valence-corrected chi connectivity index (χ3v) is 2.41. The molecule has 1 aromatic rings. The summed E-state index contributed by atoms with van der Waals surface area (Å²) in [7, 11) is 0. The van der Waals surface area contributed by atoms with E-state index >= 15 is 0 Å². The van der Waals surface area contributed by atoms with E-state index in [1.807, 2.05) is 0 Å². The summed E-state index contributed by atoms with van der Waals surface area (Å²) in [4.78, 5) is 10.9. The van der Waals surface area contributed by atoms with E-state index in [0.717, 1.165) is 12.1 Å². The van der Waals surface area contributed by atoms with Gasteiger partial charge in [-0.1, -0.05) is 12.1 Å². The van der Waals surface area contributed by atoms with Crippen LogP contribution in [0.5, 0.6) is 0 Å². The van der Waals surface area contributed by atoms with Gasteiger partial charge in [-0.05, 0) is 17.7 Å². The van der Waals surface area contributed by atoms with Crippen LogP contribution in [0.3, 0.4) is 0 Å². The minimum Gasteiger partial charge on any atom is -0.336 e. The largest absolute Gasteiger partial charge is 0.416 e. The molecule has 3 nitrogen and oxygen atoms in total. The van der Waals surface area contributed by atoms with Crippen molar-refractivity contribution in [2.75, 3.05) is 6.54 Å². The van der Waals surface area contributed by atoms with Crippen LogP contribution in [-0.2, 0) is 6.18 Å². The monoisotopic (exact) mass is 230 g/mol. The van der Waals surface area contributed by atoms with Gasteiger partial charge in [-0.25, -0.2) is 4.79 Å². The maximum atomic E-state index is 12.3. The molecule has 1 heterocycles. The van der Waals surface area contributed by atoms with E-state index in [2.05, 4.69) is 10.6 Å². The maximum absolute atomic E-state index is 12.3. The highest BCUT2D eigenvalue weighted by Gasteiger charge is 2.30. The van der Waals surface area contributed by atoms with E-state index in [-0.39, 0.29) is 12.1 Å². The van der Waals surface area contributed by atoms with Gasteiger partial charge < -0.3 is 10.6 Å². The first-order valence-corrected chi connectivity index (χ1v) is 4.68. The average molecular weight is 230 g/mol. The van der Waals surface area contributed by atoms with E-state index in [0.29, 0.717) is 12.1 Å². The molecular formula is C10H9F3N2O. The molecule has 6 heteroatoms. The lowest BCUT2D eigenvalue weighted by Crippen LogP contribution is -2.21. The summed E-state index contributed by atoms with van der Waals surface area (Å²) in [5.74, 6) is 0. The van der Waals surface area contributed by atoms with Gasteiger partial charge in [0.1, 0.15) is 0 Å². The number of amides is 2. The highest BCUT2D eigenvalue weighted by atomic mass is 19.4. The van der Waals surface area contributed by atoms with Gasteiger partial charge in [0.05, 0.1) is 11.6 Å². The van der Waals surface area contributed by atoms with Gasteiger partial charge in [0.15, 0.2) is 0 Å². The number of hydrogen-bond acceptors (Lipinski definition) is 1. The molecule has 0 bridgehead atoms. The Morgan fingerprint density at radius 1 is 1.19 bits per heavy atom. The zero-order valence-electron chi connectivity index (χ0n) is 8.14. The Labute approximate surface area is 89.6 Å². The van der Waals surface area contributed by atoms with E-state index < -0.39 is 11.7 Å². The molecule has 0 unspecified atom stereocenters. The Kier molecular flexibility index (Phi) is 2.49. The minimum atomic E-state index is -4.32. The highest BCUT2D eigenvalue weighted by molar-refractivity contribution is 5.76. The molecule has 0 aliphatic carbocycles. The normalized spacial score (nSPS) is 20.4. The first-order valence-electron chi connectivity index (χ1n) is 4.68. The molecule has 1 aromatic carbocycles. The molecule has 2 rings (SSSR count). The maximum Gasteiger partial charge on any atom is 0.416 e. The van der Waals surface area contributed by atoms with Crippen molar-refractivity contribution in [1.82, 2.24) is 10.6 Å². The second-order valence-corrected chi connectivity index (χ2v) is 3.53. The summed E-state index contributed by atoms with van der Waals surface area (Å²) >= 11 is 0. The molecule has 86 valence electrons. The van der Waals surface area contributed by atoms with Crippen molar-refractivity contribution in [2.45, 2.75) is 12.2 Å². The van der Waals surface area contributed by atoms with Crippen LogP contribution in [0.4, 0.5) is 18.0 Å². The average Bonchev–Trinajstić information content (AvgIpc) is 2.64. The van der Waals surface area contributed by atoms with Gasteiger partial charge in [-0.3, -0.25) is 0 Å². The van der Waals surface area contributed by atoms with E-state index in [9.17, 15) is 18.0 Å². The second kappa shape index (κ2) is 3.70. The summed E-state index contributed by atoms with van der Waals surface area (Å²) in [6.45, 7) is 0.393. The van der Waals surface area contributed by atoms with Crippen molar-refractivity contribution in [3.8, 4) is 0 Å². The number of hydrogen-bond donors (Lipinski definition) is 2. The molecule has 0 aromatic heterocycles. The summed E-state index contributed by atoms with van der Waals surface area (Å²) in [6.07, 6.45) is -4.32. The fraction of sp³-hybridized carbons (Fsp3) is 0.300. The number of benzene rings is 1. The van der Waals surface area contributed by atoms with E-state index in [1.54, 1.807) is 0 Å². The fourth-order valence-electron chi connectivity index (χ4n) is 1.56. The summed E-state index contributed by atoms with van der Waals surface area (Å²) in [5.41, 5.74) is -0.0279. The number of carbonyl (C=O) groups excluding carboxylic acids is 1. The minimum absolute atomic E-state index is 0.255. The van der Waals surface area contributed by atoms with Crippen LogP contribution in [0.2, 0.25) is 0 Å². The molecule has 1 fully saturated rings. The van der Waals surface area contributed by atoms with Crippen LogP contribution < -0.4 is 10.6 Å². The van der Waals surface area contributed by atoms with Crippen molar-refractivity contribution < 1.29 is 18.0 Å².